The highest BCUT2D eigenvalue weighted by molar-refractivity contribution is 7.88. The fourth-order valence-corrected chi connectivity index (χ4v) is 6.53. The number of benzene rings is 1. The number of hydrogen-bond acceptors (Lipinski definition) is 4. The average Bonchev–Trinajstić information content (AvgIpc) is 3.12. The van der Waals surface area contributed by atoms with Gasteiger partial charge in [-0.3, -0.25) is 4.79 Å². The Morgan fingerprint density at radius 1 is 1.00 bits per heavy atom. The predicted molar refractivity (Wildman–Crippen MR) is 108 cm³/mol. The number of thiophene rings is 1. The zero-order valence-electron chi connectivity index (χ0n) is 15.3. The van der Waals surface area contributed by atoms with Crippen molar-refractivity contribution in [2.45, 2.75) is 31.4 Å². The van der Waals surface area contributed by atoms with Gasteiger partial charge < -0.3 is 4.90 Å². The summed E-state index contributed by atoms with van der Waals surface area (Å²) in [4.78, 5) is 16.8. The van der Waals surface area contributed by atoms with Gasteiger partial charge in [0, 0.05) is 31.1 Å². The molecule has 1 aromatic carbocycles. The van der Waals surface area contributed by atoms with E-state index in [-0.39, 0.29) is 11.7 Å². The van der Waals surface area contributed by atoms with Crippen molar-refractivity contribution in [2.75, 3.05) is 26.2 Å². The molecule has 0 N–H and O–H groups in total. The van der Waals surface area contributed by atoms with Gasteiger partial charge in [0.05, 0.1) is 10.6 Å². The van der Waals surface area contributed by atoms with Crippen LogP contribution in [0, 0.1) is 0 Å². The molecule has 0 atom stereocenters. The van der Waals surface area contributed by atoms with Crippen LogP contribution in [0.1, 0.15) is 38.5 Å². The second-order valence-corrected chi connectivity index (χ2v) is 10.3. The topological polar surface area (TPSA) is 57.7 Å². The molecule has 1 aliphatic heterocycles. The van der Waals surface area contributed by atoms with Gasteiger partial charge in [-0.25, -0.2) is 8.42 Å². The molecule has 1 saturated heterocycles. The number of fused-ring (bicyclic) bond motifs is 1. The zero-order valence-corrected chi connectivity index (χ0v) is 16.9. The van der Waals surface area contributed by atoms with Gasteiger partial charge in [0.1, 0.15) is 0 Å². The third-order valence-electron chi connectivity index (χ3n) is 5.32. The lowest BCUT2D eigenvalue weighted by Crippen LogP contribution is -2.50. The van der Waals surface area contributed by atoms with E-state index < -0.39 is 10.0 Å². The van der Waals surface area contributed by atoms with E-state index in [1.807, 2.05) is 30.3 Å². The van der Waals surface area contributed by atoms with Crippen LogP contribution in [-0.2, 0) is 28.6 Å². The largest absolute Gasteiger partial charge is 0.335 e. The van der Waals surface area contributed by atoms with Crippen LogP contribution in [-0.4, -0.2) is 49.7 Å². The Morgan fingerprint density at radius 3 is 2.41 bits per heavy atom. The molecule has 0 saturated carbocycles. The Labute approximate surface area is 164 Å². The van der Waals surface area contributed by atoms with E-state index in [1.165, 1.54) is 27.6 Å². The molecule has 7 heteroatoms. The molecule has 5 nitrogen and oxygen atoms in total. The Morgan fingerprint density at radius 2 is 1.70 bits per heavy atom. The van der Waals surface area contributed by atoms with E-state index in [9.17, 15) is 13.2 Å². The summed E-state index contributed by atoms with van der Waals surface area (Å²) in [5, 5.41) is 0. The number of piperazine rings is 1. The summed E-state index contributed by atoms with van der Waals surface area (Å²) in [6, 6.07) is 11.3. The summed E-state index contributed by atoms with van der Waals surface area (Å²) < 4.78 is 26.8. The van der Waals surface area contributed by atoms with Crippen LogP contribution in [0.25, 0.3) is 0 Å². The lowest BCUT2D eigenvalue weighted by atomic mass is 9.99. The second-order valence-electron chi connectivity index (χ2n) is 7.20. The van der Waals surface area contributed by atoms with E-state index in [4.69, 9.17) is 0 Å². The van der Waals surface area contributed by atoms with Crippen LogP contribution in [0.3, 0.4) is 0 Å². The van der Waals surface area contributed by atoms with Crippen molar-refractivity contribution in [2.24, 2.45) is 0 Å². The monoisotopic (exact) mass is 404 g/mol. The van der Waals surface area contributed by atoms with Gasteiger partial charge in [0.25, 0.3) is 5.91 Å². The minimum Gasteiger partial charge on any atom is -0.335 e. The minimum absolute atomic E-state index is 0.0133. The van der Waals surface area contributed by atoms with Crippen LogP contribution >= 0.6 is 11.3 Å². The molecule has 144 valence electrons. The van der Waals surface area contributed by atoms with Crippen molar-refractivity contribution in [3.63, 3.8) is 0 Å². The second kappa shape index (κ2) is 7.73. The van der Waals surface area contributed by atoms with Crippen molar-refractivity contribution < 1.29 is 13.2 Å². The summed E-state index contributed by atoms with van der Waals surface area (Å²) >= 11 is 1.62. The van der Waals surface area contributed by atoms with Gasteiger partial charge in [-0.2, -0.15) is 4.31 Å². The van der Waals surface area contributed by atoms with Crippen LogP contribution in [0.4, 0.5) is 0 Å². The number of amides is 1. The van der Waals surface area contributed by atoms with Crippen LogP contribution in [0.2, 0.25) is 0 Å². The van der Waals surface area contributed by atoms with Crippen molar-refractivity contribution in [3.8, 4) is 0 Å². The molecule has 1 fully saturated rings. The average molecular weight is 405 g/mol. The molecule has 0 spiro atoms. The summed E-state index contributed by atoms with van der Waals surface area (Å²) in [5.41, 5.74) is 2.12. The number of sulfonamides is 1. The summed E-state index contributed by atoms with van der Waals surface area (Å²) in [6.07, 6.45) is 4.57. The van der Waals surface area contributed by atoms with Gasteiger partial charge in [-0.1, -0.05) is 30.3 Å². The van der Waals surface area contributed by atoms with Gasteiger partial charge >= 0.3 is 0 Å². The minimum atomic E-state index is -3.35. The Hall–Kier alpha value is -1.70. The molecule has 4 rings (SSSR count). The van der Waals surface area contributed by atoms with E-state index in [0.29, 0.717) is 26.2 Å². The zero-order chi connectivity index (χ0) is 18.9. The van der Waals surface area contributed by atoms with Gasteiger partial charge in [0.15, 0.2) is 0 Å². The molecule has 2 aliphatic rings. The number of carbonyl (C=O) groups excluding carboxylic acids is 1. The molecular weight excluding hydrogens is 380 g/mol. The van der Waals surface area contributed by atoms with E-state index >= 15 is 0 Å². The van der Waals surface area contributed by atoms with Gasteiger partial charge in [-0.15, -0.1) is 11.3 Å². The molecule has 0 bridgehead atoms. The number of hydrogen-bond donors (Lipinski definition) is 0. The maximum atomic E-state index is 12.8. The number of aryl methyl sites for hydroxylation is 2. The van der Waals surface area contributed by atoms with Crippen molar-refractivity contribution in [1.29, 1.82) is 0 Å². The van der Waals surface area contributed by atoms with E-state index in [2.05, 4.69) is 6.07 Å². The summed E-state index contributed by atoms with van der Waals surface area (Å²) in [5.74, 6) is 0.0638. The lowest BCUT2D eigenvalue weighted by Gasteiger charge is -2.33. The standard InChI is InChI=1S/C20H24N2O3S2/c23-20(19-14-17-8-4-5-9-18(17)26-19)21-10-12-22(13-11-21)27(24,25)15-16-6-2-1-3-7-16/h1-3,6-7,14H,4-5,8-13,15H2. The van der Waals surface area contributed by atoms with Gasteiger partial charge in [-0.05, 0) is 42.9 Å². The smallest absolute Gasteiger partial charge is 0.264 e. The molecule has 2 heterocycles. The van der Waals surface area contributed by atoms with Crippen LogP contribution in [0.15, 0.2) is 36.4 Å². The summed E-state index contributed by atoms with van der Waals surface area (Å²) in [7, 11) is -3.35. The first-order valence-electron chi connectivity index (χ1n) is 9.45. The van der Waals surface area contributed by atoms with E-state index in [0.717, 1.165) is 23.3 Å². The quantitative estimate of drug-likeness (QED) is 0.787. The van der Waals surface area contributed by atoms with Crippen molar-refractivity contribution in [3.05, 3.63) is 57.3 Å². The molecule has 1 aromatic heterocycles. The fraction of sp³-hybridized carbons (Fsp3) is 0.450. The predicted octanol–water partition coefficient (Wildman–Crippen LogP) is 2.91. The number of carbonyl (C=O) groups is 1. The third-order valence-corrected chi connectivity index (χ3v) is 8.39. The number of rotatable bonds is 4. The van der Waals surface area contributed by atoms with Crippen LogP contribution in [0.5, 0.6) is 0 Å². The Bertz CT molecular complexity index is 890. The maximum Gasteiger partial charge on any atom is 0.264 e. The van der Waals surface area contributed by atoms with Gasteiger partial charge in [0.2, 0.25) is 10.0 Å². The fourth-order valence-electron chi connectivity index (χ4n) is 3.80. The Balaban J connectivity index is 1.38. The van der Waals surface area contributed by atoms with Crippen molar-refractivity contribution in [1.82, 2.24) is 9.21 Å². The SMILES string of the molecule is O=C(c1cc2c(s1)CCCC2)N1CCN(S(=O)(=O)Cc2ccccc2)CC1. The molecule has 27 heavy (non-hydrogen) atoms. The molecule has 0 radical (unpaired) electrons. The highest BCUT2D eigenvalue weighted by Gasteiger charge is 2.30. The molecule has 0 unspecified atom stereocenters. The summed E-state index contributed by atoms with van der Waals surface area (Å²) in [6.45, 7) is 1.64. The molecular formula is C20H24N2O3S2. The Kier molecular flexibility index (Phi) is 5.34. The molecule has 1 aliphatic carbocycles. The third kappa shape index (κ3) is 4.10. The first-order valence-corrected chi connectivity index (χ1v) is 11.9. The van der Waals surface area contributed by atoms with E-state index in [1.54, 1.807) is 16.2 Å². The molecule has 2 aromatic rings. The molecule has 1 amide bonds. The lowest BCUT2D eigenvalue weighted by molar-refractivity contribution is 0.0702. The van der Waals surface area contributed by atoms with Crippen LogP contribution < -0.4 is 0 Å². The number of nitrogens with zero attached hydrogens (tertiary/aromatic N) is 2. The highest BCUT2D eigenvalue weighted by Crippen LogP contribution is 2.30. The normalized spacial score (nSPS) is 18.3. The van der Waals surface area contributed by atoms with Crippen molar-refractivity contribution >= 4 is 27.3 Å². The first kappa shape index (κ1) is 18.7. The highest BCUT2D eigenvalue weighted by atomic mass is 32.2. The first-order chi connectivity index (χ1) is 13.0. The maximum absolute atomic E-state index is 12.8.